The van der Waals surface area contributed by atoms with Crippen LogP contribution in [0.15, 0.2) is 46.1 Å². The molecule has 14 heavy (non-hydrogen) atoms. The third-order valence-corrected chi connectivity index (χ3v) is 2.08. The molecule has 1 heterocycles. The summed E-state index contributed by atoms with van der Waals surface area (Å²) >= 11 is 0. The molecule has 1 aromatic carbocycles. The van der Waals surface area contributed by atoms with Crippen molar-refractivity contribution in [3.63, 3.8) is 0 Å². The zero-order valence-electron chi connectivity index (χ0n) is 7.68. The Morgan fingerprint density at radius 2 is 1.86 bits per heavy atom. The lowest BCUT2D eigenvalue weighted by molar-refractivity contribution is -0.00587. The molecule has 1 aromatic rings. The lowest BCUT2D eigenvalue weighted by Crippen LogP contribution is -1.93. The van der Waals surface area contributed by atoms with E-state index < -0.39 is 0 Å². The van der Waals surface area contributed by atoms with Crippen molar-refractivity contribution in [2.45, 2.75) is 6.92 Å². The maximum Gasteiger partial charge on any atom is 0.431 e. The summed E-state index contributed by atoms with van der Waals surface area (Å²) in [6, 6.07) is 9.68. The second kappa shape index (κ2) is 3.36. The topological polar surface area (TPSA) is 61.1 Å². The summed E-state index contributed by atoms with van der Waals surface area (Å²) in [6.07, 6.45) is 0. The lowest BCUT2D eigenvalue weighted by atomic mass is 10.1. The van der Waals surface area contributed by atoms with Gasteiger partial charge in [-0.25, -0.2) is 0 Å². The van der Waals surface area contributed by atoms with Gasteiger partial charge in [0.15, 0.2) is 0 Å². The van der Waals surface area contributed by atoms with Crippen molar-refractivity contribution in [3.8, 4) is 0 Å². The molecule has 2 rings (SSSR count). The second-order valence-corrected chi connectivity index (χ2v) is 2.96. The van der Waals surface area contributed by atoms with Gasteiger partial charge in [-0.05, 0) is 12.0 Å². The van der Waals surface area contributed by atoms with E-state index in [1.807, 2.05) is 37.3 Å². The first-order valence-corrected chi connectivity index (χ1v) is 4.23. The van der Waals surface area contributed by atoms with Crippen LogP contribution in [-0.4, -0.2) is 10.6 Å². The Kier molecular flexibility index (Phi) is 2.05. The molecule has 0 saturated carbocycles. The largest absolute Gasteiger partial charge is 0.497 e. The van der Waals surface area contributed by atoms with Gasteiger partial charge >= 0.3 is 5.84 Å². The SMILES string of the molecule is CC1=C(c2ccccc2)N=NC1=[N+]=[N-]. The van der Waals surface area contributed by atoms with E-state index in [-0.39, 0.29) is 5.84 Å². The van der Waals surface area contributed by atoms with E-state index in [0.29, 0.717) is 0 Å². The Bertz CT molecular complexity index is 464. The highest BCUT2D eigenvalue weighted by Crippen LogP contribution is 2.25. The number of benzene rings is 1. The van der Waals surface area contributed by atoms with E-state index in [1.54, 1.807) is 0 Å². The van der Waals surface area contributed by atoms with E-state index in [0.717, 1.165) is 16.8 Å². The van der Waals surface area contributed by atoms with E-state index in [9.17, 15) is 0 Å². The van der Waals surface area contributed by atoms with Gasteiger partial charge in [0.2, 0.25) is 0 Å². The average molecular weight is 184 g/mol. The van der Waals surface area contributed by atoms with Crippen molar-refractivity contribution in [1.29, 1.82) is 0 Å². The zero-order chi connectivity index (χ0) is 9.97. The Balaban J connectivity index is 2.53. The van der Waals surface area contributed by atoms with Crippen LogP contribution in [0.2, 0.25) is 0 Å². The number of nitrogens with zero attached hydrogens (tertiary/aromatic N) is 4. The monoisotopic (exact) mass is 184 g/mol. The van der Waals surface area contributed by atoms with Crippen molar-refractivity contribution < 1.29 is 4.79 Å². The molecule has 1 aliphatic rings. The first-order valence-electron chi connectivity index (χ1n) is 4.23. The fraction of sp³-hybridized carbons (Fsp3) is 0.100. The number of hydrogen-bond donors (Lipinski definition) is 0. The third kappa shape index (κ3) is 1.28. The molecular weight excluding hydrogens is 176 g/mol. The molecule has 0 unspecified atom stereocenters. The molecule has 0 spiro atoms. The Labute approximate surface area is 81.2 Å². The third-order valence-electron chi connectivity index (χ3n) is 2.08. The zero-order valence-corrected chi connectivity index (χ0v) is 7.68. The molecule has 68 valence electrons. The Morgan fingerprint density at radius 3 is 2.43 bits per heavy atom. The summed E-state index contributed by atoms with van der Waals surface area (Å²) in [6.45, 7) is 1.83. The summed E-state index contributed by atoms with van der Waals surface area (Å²) < 4.78 is 0. The van der Waals surface area contributed by atoms with Crippen LogP contribution in [0.3, 0.4) is 0 Å². The molecule has 4 nitrogen and oxygen atoms in total. The van der Waals surface area contributed by atoms with Crippen LogP contribution in [0.5, 0.6) is 0 Å². The lowest BCUT2D eigenvalue weighted by Gasteiger charge is -1.94. The first-order chi connectivity index (χ1) is 6.83. The maximum absolute atomic E-state index is 8.60. The number of hydrogen-bond acceptors (Lipinski definition) is 1. The summed E-state index contributed by atoms with van der Waals surface area (Å²) in [7, 11) is 0. The second-order valence-electron chi connectivity index (χ2n) is 2.96. The highest BCUT2D eigenvalue weighted by molar-refractivity contribution is 6.03. The highest BCUT2D eigenvalue weighted by Gasteiger charge is 2.25. The molecule has 0 saturated heterocycles. The van der Waals surface area contributed by atoms with Crippen LogP contribution in [-0.2, 0) is 0 Å². The average Bonchev–Trinajstić information content (AvgIpc) is 2.61. The predicted molar refractivity (Wildman–Crippen MR) is 52.5 cm³/mol. The molecule has 0 fully saturated rings. The quantitative estimate of drug-likeness (QED) is 0.475. The van der Waals surface area contributed by atoms with Gasteiger partial charge in [0.05, 0.1) is 10.7 Å². The maximum atomic E-state index is 8.60. The van der Waals surface area contributed by atoms with Crippen molar-refractivity contribution in [1.82, 2.24) is 0 Å². The Hall–Kier alpha value is -2.06. The van der Waals surface area contributed by atoms with Crippen LogP contribution in [0.4, 0.5) is 0 Å². The molecule has 0 atom stereocenters. The summed E-state index contributed by atoms with van der Waals surface area (Å²) in [5, 5.41) is 7.70. The molecule has 4 heteroatoms. The number of amidine groups is 1. The van der Waals surface area contributed by atoms with Gasteiger partial charge in [-0.15, -0.1) is 0 Å². The minimum atomic E-state index is 0.281. The summed E-state index contributed by atoms with van der Waals surface area (Å²) in [5.74, 6) is 0.281. The summed E-state index contributed by atoms with van der Waals surface area (Å²) in [4.78, 5) is 3.04. The van der Waals surface area contributed by atoms with E-state index in [1.165, 1.54) is 0 Å². The minimum Gasteiger partial charge on any atom is -0.497 e. The van der Waals surface area contributed by atoms with Gasteiger partial charge in [-0.2, -0.15) is 0 Å². The highest BCUT2D eigenvalue weighted by atomic mass is 15.2. The predicted octanol–water partition coefficient (Wildman–Crippen LogP) is 2.51. The van der Waals surface area contributed by atoms with Crippen molar-refractivity contribution in [2.75, 3.05) is 0 Å². The normalized spacial score (nSPS) is 14.8. The van der Waals surface area contributed by atoms with Gasteiger partial charge in [-0.1, -0.05) is 30.3 Å². The molecule has 0 N–H and O–H groups in total. The fourth-order valence-electron chi connectivity index (χ4n) is 1.32. The first kappa shape index (κ1) is 8.53. The van der Waals surface area contributed by atoms with E-state index in [2.05, 4.69) is 15.0 Å². The summed E-state index contributed by atoms with van der Waals surface area (Å²) in [5.41, 5.74) is 11.1. The van der Waals surface area contributed by atoms with Gasteiger partial charge in [-0.3, -0.25) is 0 Å². The van der Waals surface area contributed by atoms with Crippen molar-refractivity contribution in [3.05, 3.63) is 47.0 Å². The molecule has 0 aliphatic carbocycles. The number of azo groups is 1. The van der Waals surface area contributed by atoms with E-state index in [4.69, 9.17) is 5.53 Å². The molecule has 0 aromatic heterocycles. The molecular formula is C10H8N4. The van der Waals surface area contributed by atoms with Crippen LogP contribution < -0.4 is 0 Å². The molecule has 0 bridgehead atoms. The van der Waals surface area contributed by atoms with Gasteiger partial charge in [0, 0.05) is 5.56 Å². The van der Waals surface area contributed by atoms with Crippen LogP contribution >= 0.6 is 0 Å². The number of rotatable bonds is 1. The van der Waals surface area contributed by atoms with Crippen molar-refractivity contribution >= 4 is 11.5 Å². The standard InChI is InChI=1S/C10H8N4/c1-7-9(13-14-10(7)12-11)8-5-3-2-4-6-8/h2-6H,1H3. The Morgan fingerprint density at radius 1 is 1.14 bits per heavy atom. The van der Waals surface area contributed by atoms with Gasteiger partial charge in [0.25, 0.3) is 0 Å². The smallest absolute Gasteiger partial charge is 0.431 e. The minimum absolute atomic E-state index is 0.281. The van der Waals surface area contributed by atoms with Gasteiger partial charge in [0.1, 0.15) is 5.70 Å². The van der Waals surface area contributed by atoms with E-state index >= 15 is 0 Å². The van der Waals surface area contributed by atoms with Crippen LogP contribution in [0.1, 0.15) is 12.5 Å². The van der Waals surface area contributed by atoms with Crippen molar-refractivity contribution in [2.24, 2.45) is 10.2 Å². The molecule has 1 aliphatic heterocycles. The van der Waals surface area contributed by atoms with Crippen LogP contribution in [0.25, 0.3) is 11.2 Å². The van der Waals surface area contributed by atoms with Crippen LogP contribution in [0, 0.1) is 0 Å². The van der Waals surface area contributed by atoms with Gasteiger partial charge < -0.3 is 10.3 Å². The fourth-order valence-corrected chi connectivity index (χ4v) is 1.32. The molecule has 0 amide bonds. The molecule has 0 radical (unpaired) electrons.